The summed E-state index contributed by atoms with van der Waals surface area (Å²) in [5, 5.41) is 0. The molecular weight excluding hydrogens is 258 g/mol. The van der Waals surface area contributed by atoms with Crippen LogP contribution in [0, 0.1) is 0 Å². The molecule has 0 spiro atoms. The number of fused-ring (bicyclic) bond motifs is 1. The highest BCUT2D eigenvalue weighted by atomic mass is 16.6. The lowest BCUT2D eigenvalue weighted by molar-refractivity contribution is -0.908. The highest BCUT2D eigenvalue weighted by molar-refractivity contribution is 5.97. The van der Waals surface area contributed by atoms with Gasteiger partial charge in [0.15, 0.2) is 11.5 Å². The van der Waals surface area contributed by atoms with Crippen LogP contribution in [-0.2, 0) is 4.74 Å². The number of benzene rings is 1. The lowest BCUT2D eigenvalue weighted by Crippen LogP contribution is -2.54. The van der Waals surface area contributed by atoms with E-state index in [0.717, 1.165) is 36.5 Å². The van der Waals surface area contributed by atoms with Crippen molar-refractivity contribution >= 4 is 5.78 Å². The number of carbonyl (C=O) groups excluding carboxylic acids is 1. The molecule has 2 aliphatic heterocycles. The second-order valence-corrected chi connectivity index (χ2v) is 5.62. The van der Waals surface area contributed by atoms with Crippen LogP contribution < -0.4 is 9.47 Å². The van der Waals surface area contributed by atoms with E-state index in [9.17, 15) is 4.79 Å². The SMILES string of the molecule is C[N+]1(CC(=O)c2ccc3c(c2)OCCO3)CCOCC1. The van der Waals surface area contributed by atoms with Crippen molar-refractivity contribution in [3.8, 4) is 11.5 Å². The molecular formula is C15H20NO4+. The number of rotatable bonds is 3. The van der Waals surface area contributed by atoms with E-state index < -0.39 is 0 Å². The van der Waals surface area contributed by atoms with Gasteiger partial charge in [-0.3, -0.25) is 4.79 Å². The summed E-state index contributed by atoms with van der Waals surface area (Å²) in [5.74, 6) is 1.54. The number of hydrogen-bond donors (Lipinski definition) is 0. The fraction of sp³-hybridized carbons (Fsp3) is 0.533. The van der Waals surface area contributed by atoms with Crippen molar-refractivity contribution in [2.24, 2.45) is 0 Å². The Morgan fingerprint density at radius 2 is 1.80 bits per heavy atom. The molecule has 0 amide bonds. The quantitative estimate of drug-likeness (QED) is 0.614. The molecule has 1 aromatic carbocycles. The zero-order chi connectivity index (χ0) is 14.0. The molecule has 0 unspecified atom stereocenters. The van der Waals surface area contributed by atoms with Crippen LogP contribution in [0.1, 0.15) is 10.4 Å². The van der Waals surface area contributed by atoms with Crippen LogP contribution in [0.2, 0.25) is 0 Å². The zero-order valence-electron chi connectivity index (χ0n) is 11.8. The number of nitrogens with zero attached hydrogens (tertiary/aromatic N) is 1. The van der Waals surface area contributed by atoms with Gasteiger partial charge in [0.05, 0.1) is 20.3 Å². The Morgan fingerprint density at radius 1 is 1.10 bits per heavy atom. The van der Waals surface area contributed by atoms with Gasteiger partial charge < -0.3 is 18.7 Å². The van der Waals surface area contributed by atoms with E-state index in [1.54, 1.807) is 6.07 Å². The average Bonchev–Trinajstić information content (AvgIpc) is 2.47. The van der Waals surface area contributed by atoms with Crippen LogP contribution in [0.4, 0.5) is 0 Å². The molecule has 0 radical (unpaired) electrons. The van der Waals surface area contributed by atoms with Crippen LogP contribution in [0.25, 0.3) is 0 Å². The molecule has 108 valence electrons. The summed E-state index contributed by atoms with van der Waals surface area (Å²) in [7, 11) is 2.11. The van der Waals surface area contributed by atoms with Gasteiger partial charge in [-0.2, -0.15) is 0 Å². The minimum atomic E-state index is 0.145. The molecule has 1 fully saturated rings. The highest BCUT2D eigenvalue weighted by Gasteiger charge is 2.29. The Kier molecular flexibility index (Phi) is 3.63. The first-order valence-electron chi connectivity index (χ1n) is 7.00. The van der Waals surface area contributed by atoms with Crippen LogP contribution in [0.3, 0.4) is 0 Å². The first-order chi connectivity index (χ1) is 9.66. The van der Waals surface area contributed by atoms with Crippen molar-refractivity contribution in [2.45, 2.75) is 0 Å². The summed E-state index contributed by atoms with van der Waals surface area (Å²) in [4.78, 5) is 12.5. The summed E-state index contributed by atoms with van der Waals surface area (Å²) in [6.45, 7) is 4.83. The number of morpholine rings is 1. The molecule has 5 heteroatoms. The van der Waals surface area contributed by atoms with E-state index in [4.69, 9.17) is 14.2 Å². The van der Waals surface area contributed by atoms with E-state index in [1.165, 1.54) is 0 Å². The second kappa shape index (κ2) is 5.42. The number of ether oxygens (including phenoxy) is 3. The topological polar surface area (TPSA) is 44.8 Å². The maximum absolute atomic E-state index is 12.5. The van der Waals surface area contributed by atoms with Gasteiger partial charge in [-0.1, -0.05) is 0 Å². The van der Waals surface area contributed by atoms with Gasteiger partial charge in [-0.15, -0.1) is 0 Å². The summed E-state index contributed by atoms with van der Waals surface area (Å²) in [6.07, 6.45) is 0. The van der Waals surface area contributed by atoms with Gasteiger partial charge in [0, 0.05) is 5.56 Å². The lowest BCUT2D eigenvalue weighted by atomic mass is 10.1. The van der Waals surface area contributed by atoms with Gasteiger partial charge in [0.1, 0.15) is 32.8 Å². The molecule has 1 saturated heterocycles. The summed E-state index contributed by atoms with van der Waals surface area (Å²) < 4.78 is 17.1. The van der Waals surface area contributed by atoms with Gasteiger partial charge in [-0.25, -0.2) is 0 Å². The van der Waals surface area contributed by atoms with E-state index in [2.05, 4.69) is 7.05 Å². The first kappa shape index (κ1) is 13.4. The van der Waals surface area contributed by atoms with Crippen molar-refractivity contribution in [3.63, 3.8) is 0 Å². The first-order valence-corrected chi connectivity index (χ1v) is 7.00. The Balaban J connectivity index is 1.73. The smallest absolute Gasteiger partial charge is 0.217 e. The molecule has 1 aromatic rings. The molecule has 0 bridgehead atoms. The molecule has 0 saturated carbocycles. The Morgan fingerprint density at radius 3 is 2.55 bits per heavy atom. The number of hydrogen-bond acceptors (Lipinski definition) is 4. The van der Waals surface area contributed by atoms with Gasteiger partial charge in [0.2, 0.25) is 5.78 Å². The fourth-order valence-corrected chi connectivity index (χ4v) is 2.60. The molecule has 3 rings (SSSR count). The molecule has 0 aliphatic carbocycles. The van der Waals surface area contributed by atoms with Crippen molar-refractivity contribution in [2.75, 3.05) is 53.1 Å². The standard InChI is InChI=1S/C15H20NO4/c1-16(4-6-18-7-5-16)11-13(17)12-2-3-14-15(10-12)20-9-8-19-14/h2-3,10H,4-9,11H2,1H3/q+1. The van der Waals surface area contributed by atoms with Crippen molar-refractivity contribution < 1.29 is 23.5 Å². The summed E-state index contributed by atoms with van der Waals surface area (Å²) in [5.41, 5.74) is 0.695. The third-order valence-corrected chi connectivity index (χ3v) is 3.94. The molecule has 0 N–H and O–H groups in total. The third kappa shape index (κ3) is 2.78. The summed E-state index contributed by atoms with van der Waals surface area (Å²) >= 11 is 0. The number of quaternary nitrogens is 1. The van der Waals surface area contributed by atoms with Gasteiger partial charge in [0.25, 0.3) is 0 Å². The van der Waals surface area contributed by atoms with Crippen molar-refractivity contribution in [1.29, 1.82) is 0 Å². The average molecular weight is 278 g/mol. The predicted octanol–water partition coefficient (Wildman–Crippen LogP) is 1.12. The van der Waals surface area contributed by atoms with Crippen LogP contribution in [0.5, 0.6) is 11.5 Å². The van der Waals surface area contributed by atoms with Crippen LogP contribution >= 0.6 is 0 Å². The largest absolute Gasteiger partial charge is 0.486 e. The molecule has 5 nitrogen and oxygen atoms in total. The van der Waals surface area contributed by atoms with Gasteiger partial charge >= 0.3 is 0 Å². The monoisotopic (exact) mass is 278 g/mol. The Bertz CT molecular complexity index is 509. The van der Waals surface area contributed by atoms with E-state index in [-0.39, 0.29) is 5.78 Å². The third-order valence-electron chi connectivity index (χ3n) is 3.94. The highest BCUT2D eigenvalue weighted by Crippen LogP contribution is 2.31. The minimum absolute atomic E-state index is 0.145. The number of ketones is 1. The Labute approximate surface area is 118 Å². The number of carbonyl (C=O) groups is 1. The minimum Gasteiger partial charge on any atom is -0.486 e. The number of likely N-dealkylation sites (N-methyl/N-ethyl adjacent to an activating group) is 1. The van der Waals surface area contributed by atoms with Gasteiger partial charge in [-0.05, 0) is 18.2 Å². The molecule has 20 heavy (non-hydrogen) atoms. The molecule has 2 heterocycles. The number of Topliss-reactive ketones (excluding diaryl/α,β-unsaturated/α-hetero) is 1. The van der Waals surface area contributed by atoms with Crippen molar-refractivity contribution in [3.05, 3.63) is 23.8 Å². The van der Waals surface area contributed by atoms with E-state index in [0.29, 0.717) is 31.1 Å². The second-order valence-electron chi connectivity index (χ2n) is 5.62. The zero-order valence-corrected chi connectivity index (χ0v) is 11.8. The van der Waals surface area contributed by atoms with E-state index >= 15 is 0 Å². The maximum Gasteiger partial charge on any atom is 0.217 e. The van der Waals surface area contributed by atoms with Crippen molar-refractivity contribution in [1.82, 2.24) is 0 Å². The fourth-order valence-electron chi connectivity index (χ4n) is 2.60. The van der Waals surface area contributed by atoms with Crippen LogP contribution in [-0.4, -0.2) is 63.4 Å². The molecule has 0 aromatic heterocycles. The summed E-state index contributed by atoms with van der Waals surface area (Å²) in [6, 6.07) is 5.44. The molecule has 2 aliphatic rings. The lowest BCUT2D eigenvalue weighted by Gasteiger charge is -2.36. The van der Waals surface area contributed by atoms with Crippen LogP contribution in [0.15, 0.2) is 18.2 Å². The molecule has 0 atom stereocenters. The normalized spacial score (nSPS) is 20.4. The Hall–Kier alpha value is -1.59. The predicted molar refractivity (Wildman–Crippen MR) is 73.4 cm³/mol. The maximum atomic E-state index is 12.5. The van der Waals surface area contributed by atoms with E-state index in [1.807, 2.05) is 12.1 Å².